The monoisotopic (exact) mass is 453 g/mol. The number of carbonyl (C=O) groups is 1. The molecule has 5 heteroatoms. The van der Waals surface area contributed by atoms with E-state index in [1.54, 1.807) is 29.2 Å². The normalized spacial score (nSPS) is 15.2. The lowest BCUT2D eigenvalue weighted by Gasteiger charge is -2.25. The summed E-state index contributed by atoms with van der Waals surface area (Å²) in [6.07, 6.45) is 0.944. The highest BCUT2D eigenvalue weighted by atomic mass is 16.5. The van der Waals surface area contributed by atoms with Crippen LogP contribution < -0.4 is 15.1 Å². The fourth-order valence-electron chi connectivity index (χ4n) is 4.39. The molecule has 1 aromatic heterocycles. The molecule has 1 aliphatic heterocycles. The third-order valence-corrected chi connectivity index (χ3v) is 6.23. The van der Waals surface area contributed by atoms with Gasteiger partial charge >= 0.3 is 0 Å². The first-order chi connectivity index (χ1) is 16.4. The van der Waals surface area contributed by atoms with Gasteiger partial charge in [-0.3, -0.25) is 14.5 Å². The van der Waals surface area contributed by atoms with Crippen molar-refractivity contribution in [3.8, 4) is 5.75 Å². The van der Waals surface area contributed by atoms with Crippen molar-refractivity contribution in [3.05, 3.63) is 105 Å². The van der Waals surface area contributed by atoms with Crippen molar-refractivity contribution in [1.29, 1.82) is 0 Å². The number of ether oxygens (including phenoxy) is 1. The van der Waals surface area contributed by atoms with Crippen LogP contribution in [-0.4, -0.2) is 12.5 Å². The molecule has 0 radical (unpaired) electrons. The van der Waals surface area contributed by atoms with Gasteiger partial charge in [0.15, 0.2) is 5.43 Å². The van der Waals surface area contributed by atoms with E-state index in [9.17, 15) is 9.59 Å². The van der Waals surface area contributed by atoms with E-state index < -0.39 is 6.04 Å². The molecule has 172 valence electrons. The summed E-state index contributed by atoms with van der Waals surface area (Å²) in [7, 11) is 0. The van der Waals surface area contributed by atoms with E-state index in [0.29, 0.717) is 40.5 Å². The van der Waals surface area contributed by atoms with Crippen LogP contribution in [0.5, 0.6) is 5.75 Å². The van der Waals surface area contributed by atoms with Gasteiger partial charge in [0.1, 0.15) is 11.3 Å². The first-order valence-electron chi connectivity index (χ1n) is 11.6. The van der Waals surface area contributed by atoms with E-state index in [0.717, 1.165) is 17.5 Å². The van der Waals surface area contributed by atoms with Crippen LogP contribution in [0.3, 0.4) is 0 Å². The van der Waals surface area contributed by atoms with Gasteiger partial charge in [0.2, 0.25) is 5.76 Å². The van der Waals surface area contributed by atoms with Gasteiger partial charge in [-0.2, -0.15) is 0 Å². The van der Waals surface area contributed by atoms with Gasteiger partial charge in [0, 0.05) is 5.69 Å². The number of nitrogens with zero attached hydrogens (tertiary/aromatic N) is 1. The Kier molecular flexibility index (Phi) is 5.70. The number of amides is 1. The van der Waals surface area contributed by atoms with Crippen LogP contribution >= 0.6 is 0 Å². The standard InChI is InChI=1S/C29H27NO4/c1-18(2)15-16-33-22-8-6-7-20(17-22)26-25-27(31)23-9-4-5-10-24(23)34-28(25)29(32)30(26)21-13-11-19(3)12-14-21/h4-14,17-18,26H,15-16H2,1-3H3. The summed E-state index contributed by atoms with van der Waals surface area (Å²) in [5.41, 5.74) is 3.19. The molecule has 5 rings (SSSR count). The van der Waals surface area contributed by atoms with Crippen LogP contribution in [0.1, 0.15) is 53.6 Å². The van der Waals surface area contributed by atoms with Crippen LogP contribution in [0.25, 0.3) is 11.0 Å². The number of fused-ring (bicyclic) bond motifs is 2. The Morgan fingerprint density at radius 1 is 0.971 bits per heavy atom. The van der Waals surface area contributed by atoms with Crippen molar-refractivity contribution in [2.45, 2.75) is 33.2 Å². The minimum atomic E-state index is -0.611. The van der Waals surface area contributed by atoms with E-state index in [4.69, 9.17) is 9.15 Å². The van der Waals surface area contributed by atoms with E-state index in [-0.39, 0.29) is 17.1 Å². The number of carbonyl (C=O) groups excluding carboxylic acids is 1. The molecule has 0 spiro atoms. The third kappa shape index (κ3) is 3.87. The summed E-state index contributed by atoms with van der Waals surface area (Å²) in [5, 5.41) is 0.467. The van der Waals surface area contributed by atoms with Gasteiger partial charge in [0.25, 0.3) is 5.91 Å². The highest BCUT2D eigenvalue weighted by Gasteiger charge is 2.43. The van der Waals surface area contributed by atoms with Crippen molar-refractivity contribution in [2.75, 3.05) is 11.5 Å². The zero-order valence-electron chi connectivity index (χ0n) is 19.6. The van der Waals surface area contributed by atoms with Crippen LogP contribution in [0.2, 0.25) is 0 Å². The fourth-order valence-corrected chi connectivity index (χ4v) is 4.39. The largest absolute Gasteiger partial charge is 0.494 e. The molecule has 3 aromatic carbocycles. The second-order valence-corrected chi connectivity index (χ2v) is 9.19. The fraction of sp³-hybridized carbons (Fsp3) is 0.241. The first-order valence-corrected chi connectivity index (χ1v) is 11.6. The minimum Gasteiger partial charge on any atom is -0.494 e. The quantitative estimate of drug-likeness (QED) is 0.345. The number of hydrogen-bond donors (Lipinski definition) is 0. The van der Waals surface area contributed by atoms with Gasteiger partial charge in [-0.1, -0.05) is 55.8 Å². The van der Waals surface area contributed by atoms with E-state index in [1.807, 2.05) is 55.5 Å². The molecule has 5 nitrogen and oxygen atoms in total. The van der Waals surface area contributed by atoms with E-state index in [2.05, 4.69) is 13.8 Å². The number of benzene rings is 3. The number of hydrogen-bond acceptors (Lipinski definition) is 4. The van der Waals surface area contributed by atoms with Gasteiger partial charge < -0.3 is 9.15 Å². The third-order valence-electron chi connectivity index (χ3n) is 6.23. The molecule has 1 atom stereocenters. The lowest BCUT2D eigenvalue weighted by molar-refractivity contribution is 0.0971. The van der Waals surface area contributed by atoms with Crippen molar-refractivity contribution < 1.29 is 13.9 Å². The van der Waals surface area contributed by atoms with Crippen molar-refractivity contribution in [2.24, 2.45) is 5.92 Å². The Balaban J connectivity index is 1.67. The molecule has 34 heavy (non-hydrogen) atoms. The summed E-state index contributed by atoms with van der Waals surface area (Å²) in [4.78, 5) is 29.0. The molecule has 1 unspecified atom stereocenters. The second kappa shape index (κ2) is 8.82. The summed E-state index contributed by atoms with van der Waals surface area (Å²) in [6.45, 7) is 6.92. The molecular formula is C29H27NO4. The summed E-state index contributed by atoms with van der Waals surface area (Å²) in [6, 6.07) is 21.8. The van der Waals surface area contributed by atoms with Crippen molar-refractivity contribution in [3.63, 3.8) is 0 Å². The molecule has 0 fully saturated rings. The van der Waals surface area contributed by atoms with Crippen molar-refractivity contribution >= 4 is 22.6 Å². The van der Waals surface area contributed by atoms with E-state index >= 15 is 0 Å². The minimum absolute atomic E-state index is 0.0976. The van der Waals surface area contributed by atoms with Gasteiger partial charge in [-0.15, -0.1) is 0 Å². The van der Waals surface area contributed by atoms with Gasteiger partial charge in [-0.25, -0.2) is 0 Å². The number of para-hydroxylation sites is 1. The number of rotatable bonds is 6. The molecule has 0 saturated carbocycles. The highest BCUT2D eigenvalue weighted by molar-refractivity contribution is 6.10. The number of anilines is 1. The molecule has 0 bridgehead atoms. The molecular weight excluding hydrogens is 426 g/mol. The van der Waals surface area contributed by atoms with Gasteiger partial charge in [0.05, 0.1) is 23.6 Å². The molecule has 0 N–H and O–H groups in total. The Hall–Kier alpha value is -3.86. The van der Waals surface area contributed by atoms with E-state index in [1.165, 1.54) is 0 Å². The maximum atomic E-state index is 13.7. The van der Waals surface area contributed by atoms with Crippen LogP contribution in [0, 0.1) is 12.8 Å². The summed E-state index contributed by atoms with van der Waals surface area (Å²) in [5.74, 6) is 1.03. The Morgan fingerprint density at radius 2 is 1.74 bits per heavy atom. The molecule has 0 aliphatic carbocycles. The Labute approximate surface area is 198 Å². The zero-order valence-corrected chi connectivity index (χ0v) is 19.6. The lowest BCUT2D eigenvalue weighted by Crippen LogP contribution is -2.29. The first kappa shape index (κ1) is 22.0. The lowest BCUT2D eigenvalue weighted by atomic mass is 9.98. The highest BCUT2D eigenvalue weighted by Crippen LogP contribution is 2.41. The maximum absolute atomic E-state index is 13.7. The zero-order chi connectivity index (χ0) is 23.8. The van der Waals surface area contributed by atoms with Crippen LogP contribution in [-0.2, 0) is 0 Å². The molecule has 4 aromatic rings. The van der Waals surface area contributed by atoms with Crippen LogP contribution in [0.15, 0.2) is 82.0 Å². The molecule has 2 heterocycles. The average Bonchev–Trinajstić information content (AvgIpc) is 3.12. The SMILES string of the molecule is Cc1ccc(N2C(=O)c3oc4ccccc4c(=O)c3C2c2cccc(OCCC(C)C)c2)cc1. The number of aryl methyl sites for hydroxylation is 1. The summed E-state index contributed by atoms with van der Waals surface area (Å²) < 4.78 is 12.0. The molecule has 1 aliphatic rings. The van der Waals surface area contributed by atoms with Gasteiger partial charge in [-0.05, 0) is 61.2 Å². The van der Waals surface area contributed by atoms with Crippen LogP contribution in [0.4, 0.5) is 5.69 Å². The predicted molar refractivity (Wildman–Crippen MR) is 134 cm³/mol. The molecule has 0 saturated heterocycles. The Bertz CT molecular complexity index is 1420. The van der Waals surface area contributed by atoms with Crippen molar-refractivity contribution in [1.82, 2.24) is 0 Å². The predicted octanol–water partition coefficient (Wildman–Crippen LogP) is 6.28. The summed E-state index contributed by atoms with van der Waals surface area (Å²) >= 11 is 0. The Morgan fingerprint density at radius 3 is 2.50 bits per heavy atom. The topological polar surface area (TPSA) is 59.8 Å². The maximum Gasteiger partial charge on any atom is 0.295 e. The smallest absolute Gasteiger partial charge is 0.295 e. The molecule has 1 amide bonds. The second-order valence-electron chi connectivity index (χ2n) is 9.19. The average molecular weight is 454 g/mol.